The second kappa shape index (κ2) is 6.19. The number of imide groups is 1. The van der Waals surface area contributed by atoms with Crippen LogP contribution in [0, 0.1) is 0 Å². The second-order valence-electron chi connectivity index (χ2n) is 4.21. The molecule has 7 nitrogen and oxygen atoms in total. The van der Waals surface area contributed by atoms with Crippen LogP contribution in [0.5, 0.6) is 0 Å². The first kappa shape index (κ1) is 15.4. The molecule has 21 heavy (non-hydrogen) atoms. The Balaban J connectivity index is 2.21. The molecule has 0 aliphatic rings. The highest BCUT2D eigenvalue weighted by atomic mass is 32.2. The van der Waals surface area contributed by atoms with Crippen molar-refractivity contribution in [2.24, 2.45) is 0 Å². The molecule has 0 saturated carbocycles. The number of benzene rings is 1. The van der Waals surface area contributed by atoms with Gasteiger partial charge in [0.1, 0.15) is 5.25 Å². The summed E-state index contributed by atoms with van der Waals surface area (Å²) in [5.74, 6) is -0.619. The Kier molecular flexibility index (Phi) is 4.53. The zero-order chi connectivity index (χ0) is 15.6. The van der Waals surface area contributed by atoms with Gasteiger partial charge in [0, 0.05) is 12.7 Å². The first-order valence-electron chi connectivity index (χ1n) is 6.01. The number of amides is 3. The maximum absolute atomic E-state index is 12.3. The third kappa shape index (κ3) is 3.37. The molecule has 0 aliphatic heterocycles. The van der Waals surface area contributed by atoms with Crippen molar-refractivity contribution in [2.45, 2.75) is 16.5 Å². The van der Waals surface area contributed by atoms with Crippen molar-refractivity contribution in [1.82, 2.24) is 15.6 Å². The monoisotopic (exact) mass is 326 g/mol. The van der Waals surface area contributed by atoms with Crippen molar-refractivity contribution in [3.05, 3.63) is 18.2 Å². The van der Waals surface area contributed by atoms with Crippen LogP contribution >= 0.6 is 11.3 Å². The predicted octanol–water partition coefficient (Wildman–Crippen LogP) is 0.830. The Morgan fingerprint density at radius 1 is 1.43 bits per heavy atom. The number of anilines is 1. The summed E-state index contributed by atoms with van der Waals surface area (Å²) in [6.07, 6.45) is 0. The van der Waals surface area contributed by atoms with Crippen LogP contribution in [-0.2, 0) is 15.6 Å². The van der Waals surface area contributed by atoms with E-state index in [0.717, 1.165) is 4.70 Å². The van der Waals surface area contributed by atoms with Crippen molar-refractivity contribution in [1.29, 1.82) is 0 Å². The average Bonchev–Trinajstić information content (AvgIpc) is 2.88. The molecule has 2 aromatic rings. The summed E-state index contributed by atoms with van der Waals surface area (Å²) in [6, 6.07) is 4.54. The first-order valence-corrected chi connectivity index (χ1v) is 8.04. The maximum Gasteiger partial charge on any atom is 0.321 e. The van der Waals surface area contributed by atoms with Crippen molar-refractivity contribution < 1.29 is 13.8 Å². The fraction of sp³-hybridized carbons (Fsp3) is 0.250. The van der Waals surface area contributed by atoms with Gasteiger partial charge in [-0.3, -0.25) is 14.3 Å². The Bertz CT molecular complexity index is 728. The summed E-state index contributed by atoms with van der Waals surface area (Å²) in [6.45, 7) is 1.48. The van der Waals surface area contributed by atoms with Gasteiger partial charge in [0.05, 0.1) is 21.0 Å². The minimum absolute atomic E-state index is 0.329. The van der Waals surface area contributed by atoms with E-state index in [-0.39, 0.29) is 0 Å². The molecule has 2 unspecified atom stereocenters. The van der Waals surface area contributed by atoms with E-state index in [2.05, 4.69) is 15.6 Å². The number of hydrogen-bond donors (Lipinski definition) is 3. The molecule has 112 valence electrons. The van der Waals surface area contributed by atoms with Crippen LogP contribution in [0.2, 0.25) is 0 Å². The lowest BCUT2D eigenvalue weighted by molar-refractivity contribution is -0.119. The number of nitrogens with two attached hydrogens (primary N) is 1. The highest BCUT2D eigenvalue weighted by Gasteiger charge is 2.25. The van der Waals surface area contributed by atoms with Gasteiger partial charge >= 0.3 is 6.03 Å². The number of thiazole rings is 1. The molecule has 0 radical (unpaired) electrons. The Morgan fingerprint density at radius 3 is 2.81 bits per heavy atom. The molecule has 0 aliphatic carbocycles. The number of rotatable bonds is 3. The van der Waals surface area contributed by atoms with E-state index in [1.807, 2.05) is 0 Å². The van der Waals surface area contributed by atoms with Gasteiger partial charge in [0.15, 0.2) is 4.34 Å². The normalized spacial score (nSPS) is 13.6. The maximum atomic E-state index is 12.3. The van der Waals surface area contributed by atoms with E-state index in [1.54, 1.807) is 18.2 Å². The summed E-state index contributed by atoms with van der Waals surface area (Å²) in [5.41, 5.74) is 6.95. The highest BCUT2D eigenvalue weighted by Crippen LogP contribution is 2.27. The van der Waals surface area contributed by atoms with Gasteiger partial charge in [-0.15, -0.1) is 11.3 Å². The van der Waals surface area contributed by atoms with Gasteiger partial charge in [-0.25, -0.2) is 9.78 Å². The molecule has 1 aromatic carbocycles. The fourth-order valence-corrected chi connectivity index (χ4v) is 4.05. The van der Waals surface area contributed by atoms with E-state index in [0.29, 0.717) is 15.5 Å². The fourth-order valence-electron chi connectivity index (χ4n) is 1.53. The minimum Gasteiger partial charge on any atom is -0.399 e. The number of carbonyl (C=O) groups excluding carboxylic acids is 2. The van der Waals surface area contributed by atoms with E-state index < -0.39 is 28.0 Å². The number of nitrogens with one attached hydrogen (secondary N) is 2. The third-order valence-corrected chi connectivity index (χ3v) is 5.57. The Morgan fingerprint density at radius 2 is 2.14 bits per heavy atom. The molecule has 3 amide bonds. The second-order valence-corrected chi connectivity index (χ2v) is 7.19. The third-order valence-electron chi connectivity index (χ3n) is 2.72. The Labute approximate surface area is 127 Å². The zero-order valence-corrected chi connectivity index (χ0v) is 13.0. The molecule has 2 rings (SSSR count). The van der Waals surface area contributed by atoms with E-state index in [4.69, 9.17) is 5.73 Å². The van der Waals surface area contributed by atoms with Gasteiger partial charge in [0.2, 0.25) is 5.91 Å². The van der Waals surface area contributed by atoms with Crippen molar-refractivity contribution in [3.63, 3.8) is 0 Å². The SMILES string of the molecule is CNC(=O)NC(=O)C(C)S(=O)c1nc2ccc(N)cc2s1. The molecule has 1 aromatic heterocycles. The number of carbonyl (C=O) groups is 2. The lowest BCUT2D eigenvalue weighted by Crippen LogP contribution is -2.43. The number of nitrogens with zero attached hydrogens (tertiary/aromatic N) is 1. The molecular formula is C12H14N4O3S2. The molecule has 2 atom stereocenters. The highest BCUT2D eigenvalue weighted by molar-refractivity contribution is 7.88. The van der Waals surface area contributed by atoms with Crippen LogP contribution in [0.15, 0.2) is 22.5 Å². The summed E-state index contributed by atoms with van der Waals surface area (Å²) in [5, 5.41) is 3.47. The van der Waals surface area contributed by atoms with Gasteiger partial charge in [-0.2, -0.15) is 0 Å². The van der Waals surface area contributed by atoms with E-state index >= 15 is 0 Å². The molecule has 0 fully saturated rings. The average molecular weight is 326 g/mol. The van der Waals surface area contributed by atoms with Crippen LogP contribution in [0.4, 0.5) is 10.5 Å². The number of hydrogen-bond acceptors (Lipinski definition) is 6. The summed E-state index contributed by atoms with van der Waals surface area (Å²) >= 11 is 1.22. The lowest BCUT2D eigenvalue weighted by Gasteiger charge is -2.08. The lowest BCUT2D eigenvalue weighted by atomic mass is 10.3. The topological polar surface area (TPSA) is 114 Å². The van der Waals surface area contributed by atoms with Crippen LogP contribution in [0.3, 0.4) is 0 Å². The summed E-state index contributed by atoms with van der Waals surface area (Å²) in [4.78, 5) is 27.1. The molecule has 9 heteroatoms. The first-order chi connectivity index (χ1) is 9.92. The van der Waals surface area contributed by atoms with Gasteiger partial charge in [-0.05, 0) is 25.1 Å². The molecule has 4 N–H and O–H groups in total. The van der Waals surface area contributed by atoms with Crippen molar-refractivity contribution >= 4 is 50.0 Å². The zero-order valence-electron chi connectivity index (χ0n) is 11.4. The largest absolute Gasteiger partial charge is 0.399 e. The van der Waals surface area contributed by atoms with Crippen molar-refractivity contribution in [2.75, 3.05) is 12.8 Å². The number of fused-ring (bicyclic) bond motifs is 1. The smallest absolute Gasteiger partial charge is 0.321 e. The van der Waals surface area contributed by atoms with Crippen LogP contribution in [-0.4, -0.2) is 33.4 Å². The predicted molar refractivity (Wildman–Crippen MR) is 82.5 cm³/mol. The quantitative estimate of drug-likeness (QED) is 0.723. The van der Waals surface area contributed by atoms with Crippen LogP contribution < -0.4 is 16.4 Å². The molecule has 0 spiro atoms. The Hall–Kier alpha value is -2.00. The molecule has 1 heterocycles. The van der Waals surface area contributed by atoms with Crippen molar-refractivity contribution in [3.8, 4) is 0 Å². The molecule has 0 saturated heterocycles. The number of aromatic nitrogens is 1. The van der Waals surface area contributed by atoms with Gasteiger partial charge < -0.3 is 11.1 Å². The van der Waals surface area contributed by atoms with E-state index in [9.17, 15) is 13.8 Å². The summed E-state index contributed by atoms with van der Waals surface area (Å²) < 4.78 is 13.5. The van der Waals surface area contributed by atoms with Crippen LogP contribution in [0.1, 0.15) is 6.92 Å². The summed E-state index contributed by atoms with van der Waals surface area (Å²) in [7, 11) is -0.250. The number of nitrogen functional groups attached to an aromatic ring is 1. The van der Waals surface area contributed by atoms with Gasteiger partial charge in [0.25, 0.3) is 0 Å². The molecular weight excluding hydrogens is 312 g/mol. The van der Waals surface area contributed by atoms with Crippen LogP contribution in [0.25, 0.3) is 10.2 Å². The van der Waals surface area contributed by atoms with E-state index in [1.165, 1.54) is 25.3 Å². The molecule has 0 bridgehead atoms. The number of urea groups is 1. The standard InChI is InChI=1S/C12H14N4O3S2/c1-6(10(17)16-11(18)14-2)21(19)12-15-8-4-3-7(13)5-9(8)20-12/h3-6H,13H2,1-2H3,(H2,14,16,17,18). The minimum atomic E-state index is -1.64. The van der Waals surface area contributed by atoms with Gasteiger partial charge in [-0.1, -0.05) is 0 Å².